The van der Waals surface area contributed by atoms with E-state index in [9.17, 15) is 10.1 Å². The minimum Gasteiger partial charge on any atom is -0.434 e. The van der Waals surface area contributed by atoms with Crippen molar-refractivity contribution in [2.24, 2.45) is 5.92 Å². The van der Waals surface area contributed by atoms with Gasteiger partial charge in [-0.15, -0.1) is 0 Å². The van der Waals surface area contributed by atoms with E-state index in [4.69, 9.17) is 30.2 Å². The Kier molecular flexibility index (Phi) is 8.38. The molecule has 11 nitrogen and oxygen atoms in total. The van der Waals surface area contributed by atoms with Crippen molar-refractivity contribution in [2.75, 3.05) is 18.9 Å². The number of nitriles is 1. The van der Waals surface area contributed by atoms with E-state index in [0.29, 0.717) is 24.2 Å². The summed E-state index contributed by atoms with van der Waals surface area (Å²) >= 11 is 0. The van der Waals surface area contributed by atoms with E-state index in [1.807, 2.05) is 26.0 Å². The van der Waals surface area contributed by atoms with Crippen molar-refractivity contribution in [2.45, 2.75) is 64.4 Å². The summed E-state index contributed by atoms with van der Waals surface area (Å²) in [5.41, 5.74) is 6.10. The third kappa shape index (κ3) is 7.05. The van der Waals surface area contributed by atoms with Crippen molar-refractivity contribution in [3.63, 3.8) is 0 Å². The van der Waals surface area contributed by atoms with Crippen LogP contribution in [-0.4, -0.2) is 55.6 Å². The van der Waals surface area contributed by atoms with Crippen LogP contribution in [0.15, 0.2) is 18.5 Å². The molecule has 176 valence electrons. The minimum absolute atomic E-state index is 0.181. The number of aromatic nitrogens is 3. The Morgan fingerprint density at radius 2 is 2.16 bits per heavy atom. The molecule has 32 heavy (non-hydrogen) atoms. The van der Waals surface area contributed by atoms with Crippen LogP contribution in [-0.2, 0) is 14.2 Å². The smallest absolute Gasteiger partial charge is 0.434 e. The number of anilines is 1. The van der Waals surface area contributed by atoms with Crippen LogP contribution in [0.5, 0.6) is 0 Å². The molecule has 3 rings (SSSR count). The maximum Gasteiger partial charge on any atom is 0.508 e. The number of ether oxygens (including phenoxy) is 3. The zero-order chi connectivity index (χ0) is 23.9. The number of nitrogens with two attached hydrogens (primary N) is 1. The monoisotopic (exact) mass is 449 g/mol. The van der Waals surface area contributed by atoms with Gasteiger partial charge in [0.25, 0.3) is 0 Å². The lowest BCUT2D eigenvalue weighted by molar-refractivity contribution is -0.127. The van der Waals surface area contributed by atoms with Gasteiger partial charge < -0.3 is 30.2 Å². The molecule has 1 aliphatic rings. The molecule has 1 fully saturated rings. The molecule has 1 saturated heterocycles. The van der Waals surface area contributed by atoms with Crippen molar-refractivity contribution < 1.29 is 29.2 Å². The number of nitrogens with zero attached hydrogens (tertiary/aromatic N) is 4. The van der Waals surface area contributed by atoms with E-state index in [-0.39, 0.29) is 25.2 Å². The fourth-order valence-electron chi connectivity index (χ4n) is 2.95. The molecule has 4 N–H and O–H groups in total. The predicted octanol–water partition coefficient (Wildman–Crippen LogP) is 2.33. The number of aliphatic hydroxyl groups is 2. The summed E-state index contributed by atoms with van der Waals surface area (Å²) in [6.45, 7) is 6.70. The molecule has 0 aliphatic carbocycles. The maximum absolute atomic E-state index is 11.8. The van der Waals surface area contributed by atoms with Crippen molar-refractivity contribution in [1.29, 1.82) is 5.26 Å². The molecule has 2 unspecified atom stereocenters. The van der Waals surface area contributed by atoms with Crippen molar-refractivity contribution >= 4 is 17.5 Å². The van der Waals surface area contributed by atoms with Gasteiger partial charge in [-0.05, 0) is 44.7 Å². The maximum atomic E-state index is 11.8. The first-order chi connectivity index (χ1) is 15.0. The Morgan fingerprint density at radius 3 is 2.78 bits per heavy atom. The van der Waals surface area contributed by atoms with Crippen molar-refractivity contribution in [1.82, 2.24) is 14.6 Å². The second-order valence-electron chi connectivity index (χ2n) is 8.31. The van der Waals surface area contributed by atoms with Crippen LogP contribution in [0.2, 0.25) is 0 Å². The van der Waals surface area contributed by atoms with Crippen LogP contribution in [0.3, 0.4) is 0 Å². The lowest BCUT2D eigenvalue weighted by Gasteiger charge is -2.21. The summed E-state index contributed by atoms with van der Waals surface area (Å²) in [4.78, 5) is 15.7. The van der Waals surface area contributed by atoms with Gasteiger partial charge in [-0.1, -0.05) is 20.3 Å². The number of fused-ring (bicyclic) bond motifs is 1. The van der Waals surface area contributed by atoms with Crippen LogP contribution in [0.4, 0.5) is 10.6 Å². The van der Waals surface area contributed by atoms with Crippen molar-refractivity contribution in [3.8, 4) is 6.07 Å². The molecule has 0 saturated carbocycles. The fourth-order valence-corrected chi connectivity index (χ4v) is 2.95. The topological polar surface area (TPSA) is 165 Å². The summed E-state index contributed by atoms with van der Waals surface area (Å²) in [7, 11) is 0. The molecular formula is C21H31N5O6. The molecule has 1 aliphatic heterocycles. The molecule has 0 aromatic carbocycles. The third-order valence-electron chi connectivity index (χ3n) is 4.83. The third-order valence-corrected chi connectivity index (χ3v) is 4.83. The first kappa shape index (κ1) is 25.3. The summed E-state index contributed by atoms with van der Waals surface area (Å²) in [5.74, 6) is -0.875. The highest BCUT2D eigenvalue weighted by molar-refractivity contribution is 5.65. The van der Waals surface area contributed by atoms with E-state index in [0.717, 1.165) is 12.1 Å². The van der Waals surface area contributed by atoms with Crippen LogP contribution >= 0.6 is 0 Å². The van der Waals surface area contributed by atoms with Gasteiger partial charge in [0.2, 0.25) is 0 Å². The fraction of sp³-hybridized carbons (Fsp3) is 0.619. The van der Waals surface area contributed by atoms with Gasteiger partial charge >= 0.3 is 6.16 Å². The zero-order valence-corrected chi connectivity index (χ0v) is 18.8. The van der Waals surface area contributed by atoms with Crippen molar-refractivity contribution in [3.05, 3.63) is 24.2 Å². The second-order valence-corrected chi connectivity index (χ2v) is 8.31. The van der Waals surface area contributed by atoms with Crippen LogP contribution in [0.1, 0.15) is 58.8 Å². The average molecular weight is 450 g/mol. The number of nitrogen functional groups attached to an aromatic ring is 1. The molecule has 0 spiro atoms. The van der Waals surface area contributed by atoms with Gasteiger partial charge in [-0.25, -0.2) is 14.3 Å². The molecule has 0 amide bonds. The normalized spacial score (nSPS) is 21.3. The van der Waals surface area contributed by atoms with Gasteiger partial charge in [0.1, 0.15) is 30.6 Å². The lowest BCUT2D eigenvalue weighted by atomic mass is 10.0. The van der Waals surface area contributed by atoms with Gasteiger partial charge in [-0.2, -0.15) is 10.4 Å². The van der Waals surface area contributed by atoms with E-state index in [2.05, 4.69) is 16.2 Å². The van der Waals surface area contributed by atoms with E-state index >= 15 is 0 Å². The Morgan fingerprint density at radius 1 is 1.47 bits per heavy atom. The van der Waals surface area contributed by atoms with Gasteiger partial charge in [0.05, 0.1) is 12.3 Å². The standard InChI is InChI=1S/C18H23N5O4.C3H8O2/c1-3-12(2)8-25-17(24)26-10-18(9-19)7-6-15(27-18)13-4-5-14-16(20)21-11-22-23(13)14;1-3(2,4)5/h4-5,11-12,15H,3,6-8,10H2,1-2H3,(H2,20,21,22);4-5H,1-2H3/t12?,15?,18-;/m1./s1. The van der Waals surface area contributed by atoms with Gasteiger partial charge in [-0.3, -0.25) is 0 Å². The highest BCUT2D eigenvalue weighted by atomic mass is 16.7. The Hall–Kier alpha value is -2.94. The highest BCUT2D eigenvalue weighted by Crippen LogP contribution is 2.40. The molecule has 2 aromatic rings. The van der Waals surface area contributed by atoms with E-state index in [1.54, 1.807) is 4.52 Å². The lowest BCUT2D eigenvalue weighted by Crippen LogP contribution is -2.34. The van der Waals surface area contributed by atoms with Crippen LogP contribution < -0.4 is 5.73 Å². The van der Waals surface area contributed by atoms with Crippen LogP contribution in [0.25, 0.3) is 5.52 Å². The van der Waals surface area contributed by atoms with Gasteiger partial charge in [0.15, 0.2) is 17.2 Å². The molecule has 2 aromatic heterocycles. The first-order valence-corrected chi connectivity index (χ1v) is 10.4. The number of carbonyl (C=O) groups is 1. The highest BCUT2D eigenvalue weighted by Gasteiger charge is 2.43. The SMILES string of the molecule is CC(C)(O)O.CCC(C)COC(=O)OC[C@]1(C#N)CCC(c2ccc3c(N)ncnn23)O1. The Balaban J connectivity index is 0.000000654. The summed E-state index contributed by atoms with van der Waals surface area (Å²) in [6.07, 6.45) is 2.15. The van der Waals surface area contributed by atoms with Crippen LogP contribution in [0, 0.1) is 17.2 Å². The summed E-state index contributed by atoms with van der Waals surface area (Å²) in [5, 5.41) is 30.0. The second kappa shape index (κ2) is 10.6. The predicted molar refractivity (Wildman–Crippen MR) is 114 cm³/mol. The molecule has 0 radical (unpaired) electrons. The zero-order valence-electron chi connectivity index (χ0n) is 18.8. The largest absolute Gasteiger partial charge is 0.508 e. The number of carbonyl (C=O) groups excluding carboxylic acids is 1. The molecule has 0 bridgehead atoms. The Labute approximate surface area is 186 Å². The molecule has 3 atom stereocenters. The average Bonchev–Trinajstić information content (AvgIpc) is 3.34. The summed E-state index contributed by atoms with van der Waals surface area (Å²) in [6, 6.07) is 5.79. The van der Waals surface area contributed by atoms with Gasteiger partial charge in [0, 0.05) is 0 Å². The number of rotatable bonds is 6. The van der Waals surface area contributed by atoms with E-state index in [1.165, 1.54) is 20.2 Å². The van der Waals surface area contributed by atoms with E-state index < -0.39 is 17.5 Å². The number of hydrogen-bond acceptors (Lipinski definition) is 10. The molecule has 11 heteroatoms. The molecule has 3 heterocycles. The number of hydrogen-bond donors (Lipinski definition) is 3. The Bertz CT molecular complexity index is 944. The molecular weight excluding hydrogens is 418 g/mol. The minimum atomic E-state index is -1.50. The quantitative estimate of drug-likeness (QED) is 0.440. The first-order valence-electron chi connectivity index (χ1n) is 10.4. The summed E-state index contributed by atoms with van der Waals surface area (Å²) < 4.78 is 17.8.